The second-order valence-corrected chi connectivity index (χ2v) is 8.97. The lowest BCUT2D eigenvalue weighted by atomic mass is 10.2. The molecule has 7 heteroatoms. The highest BCUT2D eigenvalue weighted by atomic mass is 16.6. The van der Waals surface area contributed by atoms with Crippen LogP contribution in [0.3, 0.4) is 0 Å². The molecule has 0 amide bonds. The molecule has 1 unspecified atom stereocenters. The average Bonchev–Trinajstić information content (AvgIpc) is 3.37. The first-order chi connectivity index (χ1) is 18.6. The normalized spacial score (nSPS) is 18.4. The lowest BCUT2D eigenvalue weighted by Gasteiger charge is -2.15. The highest BCUT2D eigenvalue weighted by Gasteiger charge is 2.28. The summed E-state index contributed by atoms with van der Waals surface area (Å²) in [5.41, 5.74) is 5.08. The van der Waals surface area contributed by atoms with Crippen molar-refractivity contribution in [3.63, 3.8) is 0 Å². The van der Waals surface area contributed by atoms with E-state index in [9.17, 15) is 9.59 Å². The number of carbonyl (C=O) groups is 1. The Morgan fingerprint density at radius 1 is 0.947 bits per heavy atom. The van der Waals surface area contributed by atoms with Crippen LogP contribution in [0.2, 0.25) is 0 Å². The molecule has 0 aliphatic carbocycles. The zero-order valence-corrected chi connectivity index (χ0v) is 22.6. The van der Waals surface area contributed by atoms with Crippen molar-refractivity contribution in [2.24, 2.45) is 0 Å². The Labute approximate surface area is 227 Å². The maximum atomic E-state index is 12.0. The summed E-state index contributed by atoms with van der Waals surface area (Å²) < 4.78 is 12.6. The van der Waals surface area contributed by atoms with Crippen LogP contribution in [0.1, 0.15) is 77.4 Å². The SMILES string of the molecule is CCC=CCC=CCC=CCC=CCC=CCC=CCCC(=O)OC[C@@H]1CCC(n2ccc(N)nc2=O)O1. The number of ether oxygens (including phenoxy) is 2. The third kappa shape index (κ3) is 13.7. The van der Waals surface area contributed by atoms with E-state index in [2.05, 4.69) is 78.7 Å². The fraction of sp³-hybridized carbons (Fsp3) is 0.452. The fourth-order valence-corrected chi connectivity index (χ4v) is 3.76. The Kier molecular flexibility index (Phi) is 15.9. The predicted octanol–water partition coefficient (Wildman–Crippen LogP) is 6.52. The van der Waals surface area contributed by atoms with E-state index in [1.54, 1.807) is 12.3 Å². The quantitative estimate of drug-likeness (QED) is 0.185. The van der Waals surface area contributed by atoms with Gasteiger partial charge in [-0.25, -0.2) is 4.79 Å². The minimum absolute atomic E-state index is 0.182. The van der Waals surface area contributed by atoms with E-state index >= 15 is 0 Å². The van der Waals surface area contributed by atoms with Gasteiger partial charge in [0.05, 0.1) is 6.10 Å². The van der Waals surface area contributed by atoms with Gasteiger partial charge in [-0.2, -0.15) is 4.98 Å². The van der Waals surface area contributed by atoms with Crippen LogP contribution in [0.25, 0.3) is 0 Å². The summed E-state index contributed by atoms with van der Waals surface area (Å²) >= 11 is 0. The van der Waals surface area contributed by atoms with Crippen LogP contribution in [-0.4, -0.2) is 28.2 Å². The molecule has 0 aromatic carbocycles. The Morgan fingerprint density at radius 2 is 1.50 bits per heavy atom. The largest absolute Gasteiger partial charge is 0.463 e. The third-order valence-electron chi connectivity index (χ3n) is 5.79. The smallest absolute Gasteiger partial charge is 0.351 e. The van der Waals surface area contributed by atoms with E-state index in [1.807, 2.05) is 6.08 Å². The van der Waals surface area contributed by atoms with E-state index in [1.165, 1.54) is 4.57 Å². The topological polar surface area (TPSA) is 96.4 Å². The molecule has 2 rings (SSSR count). The molecule has 1 aromatic heterocycles. The standard InChI is InChI=1S/C31H43N3O4/c1-2-3-4-5-6-7-8-9-10-11-12-13-14-15-16-17-18-19-20-21-30(35)37-26-27-22-23-29(38-27)34-25-24-28(32)33-31(34)36/h3-4,6-7,9-10,12-13,15-16,18-19,24-25,27,29H,2,5,8,11,14,17,20-23,26H2,1H3,(H2,32,33,36)/t27-,29?/m0/s1. The minimum atomic E-state index is -0.441. The summed E-state index contributed by atoms with van der Waals surface area (Å²) in [5, 5.41) is 0. The second-order valence-electron chi connectivity index (χ2n) is 8.97. The molecule has 38 heavy (non-hydrogen) atoms. The predicted molar refractivity (Wildman–Crippen MR) is 154 cm³/mol. The summed E-state index contributed by atoms with van der Waals surface area (Å²) in [7, 11) is 0. The molecule has 0 saturated carbocycles. The van der Waals surface area contributed by atoms with Gasteiger partial charge in [-0.3, -0.25) is 9.36 Å². The van der Waals surface area contributed by atoms with Crippen LogP contribution in [0.15, 0.2) is 90.0 Å². The van der Waals surface area contributed by atoms with E-state index in [-0.39, 0.29) is 24.5 Å². The molecule has 1 aromatic rings. The van der Waals surface area contributed by atoms with Gasteiger partial charge in [-0.1, -0.05) is 79.8 Å². The van der Waals surface area contributed by atoms with Crippen molar-refractivity contribution in [1.82, 2.24) is 9.55 Å². The molecule has 2 atom stereocenters. The summed E-state index contributed by atoms with van der Waals surface area (Å²) in [6.07, 6.45) is 35.0. The summed E-state index contributed by atoms with van der Waals surface area (Å²) in [6.45, 7) is 2.34. The van der Waals surface area contributed by atoms with Crippen LogP contribution in [0, 0.1) is 0 Å². The van der Waals surface area contributed by atoms with Gasteiger partial charge in [0.15, 0.2) is 0 Å². The molecule has 1 saturated heterocycles. The van der Waals surface area contributed by atoms with Gasteiger partial charge in [-0.05, 0) is 63.9 Å². The van der Waals surface area contributed by atoms with Crippen LogP contribution in [0.5, 0.6) is 0 Å². The Morgan fingerprint density at radius 3 is 2.05 bits per heavy atom. The molecule has 206 valence electrons. The van der Waals surface area contributed by atoms with Gasteiger partial charge >= 0.3 is 11.7 Å². The van der Waals surface area contributed by atoms with E-state index in [0.29, 0.717) is 25.7 Å². The number of allylic oxidation sites excluding steroid dienone is 12. The number of nitrogen functional groups attached to an aromatic ring is 1. The lowest BCUT2D eigenvalue weighted by Crippen LogP contribution is -2.28. The molecular formula is C31H43N3O4. The number of esters is 1. The lowest BCUT2D eigenvalue weighted by molar-refractivity contribution is -0.148. The van der Waals surface area contributed by atoms with Gasteiger partial charge in [0.2, 0.25) is 0 Å². The van der Waals surface area contributed by atoms with Crippen molar-refractivity contribution in [3.8, 4) is 0 Å². The van der Waals surface area contributed by atoms with Crippen LogP contribution in [-0.2, 0) is 14.3 Å². The van der Waals surface area contributed by atoms with Crippen molar-refractivity contribution >= 4 is 11.8 Å². The fourth-order valence-electron chi connectivity index (χ4n) is 3.76. The number of hydrogen-bond acceptors (Lipinski definition) is 6. The van der Waals surface area contributed by atoms with Gasteiger partial charge in [0, 0.05) is 12.6 Å². The average molecular weight is 522 g/mol. The molecule has 2 heterocycles. The highest BCUT2D eigenvalue weighted by Crippen LogP contribution is 2.27. The molecule has 0 radical (unpaired) electrons. The zero-order valence-electron chi connectivity index (χ0n) is 22.6. The number of rotatable bonds is 17. The van der Waals surface area contributed by atoms with Gasteiger partial charge in [0.25, 0.3) is 0 Å². The number of carbonyl (C=O) groups excluding carboxylic acids is 1. The number of nitrogens with zero attached hydrogens (tertiary/aromatic N) is 2. The molecular weight excluding hydrogens is 478 g/mol. The summed E-state index contributed by atoms with van der Waals surface area (Å²) in [4.78, 5) is 27.7. The molecule has 0 spiro atoms. The van der Waals surface area contributed by atoms with Gasteiger partial charge < -0.3 is 15.2 Å². The maximum absolute atomic E-state index is 12.0. The molecule has 2 N–H and O–H groups in total. The molecule has 1 aliphatic rings. The minimum Gasteiger partial charge on any atom is -0.463 e. The third-order valence-corrected chi connectivity index (χ3v) is 5.79. The van der Waals surface area contributed by atoms with E-state index < -0.39 is 11.9 Å². The molecule has 1 fully saturated rings. The highest BCUT2D eigenvalue weighted by molar-refractivity contribution is 5.69. The second kappa shape index (κ2) is 19.6. The first-order valence-electron chi connectivity index (χ1n) is 13.7. The number of aromatic nitrogens is 2. The Balaban J connectivity index is 1.46. The van der Waals surface area contributed by atoms with Crippen molar-refractivity contribution in [3.05, 3.63) is 95.7 Å². The van der Waals surface area contributed by atoms with Crippen LogP contribution in [0.4, 0.5) is 5.82 Å². The molecule has 0 bridgehead atoms. The number of hydrogen-bond donors (Lipinski definition) is 1. The maximum Gasteiger partial charge on any atom is 0.351 e. The van der Waals surface area contributed by atoms with Crippen molar-refractivity contribution in [1.29, 1.82) is 0 Å². The van der Waals surface area contributed by atoms with E-state index in [0.717, 1.165) is 38.5 Å². The Bertz CT molecular complexity index is 1050. The Hall–Kier alpha value is -3.45. The molecule has 1 aliphatic heterocycles. The zero-order chi connectivity index (χ0) is 27.3. The number of nitrogens with two attached hydrogens (primary N) is 1. The summed E-state index contributed by atoms with van der Waals surface area (Å²) in [6, 6.07) is 1.56. The van der Waals surface area contributed by atoms with Crippen molar-refractivity contribution in [2.45, 2.75) is 83.5 Å². The van der Waals surface area contributed by atoms with Crippen LogP contribution >= 0.6 is 0 Å². The van der Waals surface area contributed by atoms with Gasteiger partial charge in [0.1, 0.15) is 18.7 Å². The first kappa shape index (κ1) is 30.8. The molecule has 7 nitrogen and oxygen atoms in total. The number of anilines is 1. The summed E-state index contributed by atoms with van der Waals surface area (Å²) in [5.74, 6) is -0.0652. The van der Waals surface area contributed by atoms with E-state index in [4.69, 9.17) is 15.2 Å². The van der Waals surface area contributed by atoms with Crippen LogP contribution < -0.4 is 11.4 Å². The van der Waals surface area contributed by atoms with Crippen molar-refractivity contribution < 1.29 is 14.3 Å². The van der Waals surface area contributed by atoms with Gasteiger partial charge in [-0.15, -0.1) is 0 Å². The first-order valence-corrected chi connectivity index (χ1v) is 13.7. The van der Waals surface area contributed by atoms with Crippen molar-refractivity contribution in [2.75, 3.05) is 12.3 Å². The monoisotopic (exact) mass is 521 g/mol.